The van der Waals surface area contributed by atoms with Crippen molar-refractivity contribution in [1.29, 1.82) is 0 Å². The van der Waals surface area contributed by atoms with Crippen LogP contribution in [0.15, 0.2) is 35.4 Å². The van der Waals surface area contributed by atoms with E-state index in [-0.39, 0.29) is 24.0 Å². The molecule has 1 fully saturated rings. The van der Waals surface area contributed by atoms with Gasteiger partial charge in [-0.3, -0.25) is 19.1 Å². The maximum Gasteiger partial charge on any atom is 0.409 e. The summed E-state index contributed by atoms with van der Waals surface area (Å²) in [5.41, 5.74) is 0.516. The van der Waals surface area contributed by atoms with E-state index in [0.717, 1.165) is 19.6 Å². The summed E-state index contributed by atoms with van der Waals surface area (Å²) in [6.45, 7) is 4.30. The number of amides is 2. The van der Waals surface area contributed by atoms with Crippen LogP contribution in [-0.4, -0.2) is 77.7 Å². The summed E-state index contributed by atoms with van der Waals surface area (Å²) >= 11 is 0. The van der Waals surface area contributed by atoms with Crippen LogP contribution in [0, 0.1) is 0 Å². The van der Waals surface area contributed by atoms with Crippen molar-refractivity contribution in [1.82, 2.24) is 24.7 Å². The van der Waals surface area contributed by atoms with Gasteiger partial charge in [-0.25, -0.2) is 9.78 Å². The number of piperazine rings is 1. The van der Waals surface area contributed by atoms with Gasteiger partial charge in [0.15, 0.2) is 0 Å². The molecule has 0 atom stereocenters. The predicted octanol–water partition coefficient (Wildman–Crippen LogP) is 0.287. The van der Waals surface area contributed by atoms with Gasteiger partial charge in [-0.15, -0.1) is 0 Å². The highest BCUT2D eigenvalue weighted by Crippen LogP contribution is 2.05. The Kier molecular flexibility index (Phi) is 6.59. The fourth-order valence-electron chi connectivity index (χ4n) is 3.21. The normalized spacial score (nSPS) is 14.8. The van der Waals surface area contributed by atoms with E-state index in [1.54, 1.807) is 23.1 Å². The third-order valence-electron chi connectivity index (χ3n) is 4.87. The standard InChI is InChI=1S/C19H25N5O4/c1-28-19(27)23-12-10-22(11-13-23)9-7-20-17(25)6-8-24-14-21-16-5-3-2-4-15(16)18(24)26/h2-5,14H,6-13H2,1H3,(H,20,25). The number of hydrogen-bond donors (Lipinski definition) is 1. The van der Waals surface area contributed by atoms with Crippen LogP contribution in [0.3, 0.4) is 0 Å². The molecule has 0 spiro atoms. The van der Waals surface area contributed by atoms with Crippen molar-refractivity contribution >= 4 is 22.9 Å². The van der Waals surface area contributed by atoms with Gasteiger partial charge < -0.3 is 15.0 Å². The van der Waals surface area contributed by atoms with Crippen molar-refractivity contribution in [3.05, 3.63) is 40.9 Å². The monoisotopic (exact) mass is 387 g/mol. The molecule has 1 N–H and O–H groups in total. The second kappa shape index (κ2) is 9.32. The Labute approximate surface area is 162 Å². The van der Waals surface area contributed by atoms with E-state index in [1.165, 1.54) is 18.0 Å². The minimum absolute atomic E-state index is 0.103. The first-order chi connectivity index (χ1) is 13.6. The number of para-hydroxylation sites is 1. The van der Waals surface area contributed by atoms with Crippen LogP contribution in [0.2, 0.25) is 0 Å². The Morgan fingerprint density at radius 3 is 2.64 bits per heavy atom. The minimum atomic E-state index is -0.300. The largest absolute Gasteiger partial charge is 0.453 e. The number of carbonyl (C=O) groups is 2. The molecule has 150 valence electrons. The molecule has 0 unspecified atom stereocenters. The highest BCUT2D eigenvalue weighted by molar-refractivity contribution is 5.77. The number of fused-ring (bicyclic) bond motifs is 1. The summed E-state index contributed by atoms with van der Waals surface area (Å²) in [4.78, 5) is 44.1. The molecule has 1 saturated heterocycles. The molecule has 1 aliphatic rings. The molecule has 3 rings (SSSR count). The average molecular weight is 387 g/mol. The molecular formula is C19H25N5O4. The van der Waals surface area contributed by atoms with E-state index >= 15 is 0 Å². The molecule has 1 aromatic heterocycles. The number of nitrogens with zero attached hydrogens (tertiary/aromatic N) is 4. The van der Waals surface area contributed by atoms with Crippen LogP contribution in [0.4, 0.5) is 4.79 Å². The first-order valence-electron chi connectivity index (χ1n) is 9.34. The van der Waals surface area contributed by atoms with Gasteiger partial charge in [-0.2, -0.15) is 0 Å². The van der Waals surface area contributed by atoms with E-state index in [0.29, 0.717) is 37.1 Å². The lowest BCUT2D eigenvalue weighted by Gasteiger charge is -2.33. The molecule has 0 bridgehead atoms. The molecule has 28 heavy (non-hydrogen) atoms. The molecule has 1 aromatic carbocycles. The number of ether oxygens (including phenoxy) is 1. The van der Waals surface area contributed by atoms with Crippen LogP contribution in [0.25, 0.3) is 10.9 Å². The Hall–Kier alpha value is -2.94. The molecule has 2 aromatic rings. The number of aryl methyl sites for hydroxylation is 1. The maximum atomic E-state index is 12.4. The lowest BCUT2D eigenvalue weighted by molar-refractivity contribution is -0.121. The van der Waals surface area contributed by atoms with Crippen LogP contribution in [0.1, 0.15) is 6.42 Å². The van der Waals surface area contributed by atoms with Gasteiger partial charge in [-0.1, -0.05) is 12.1 Å². The van der Waals surface area contributed by atoms with Gasteiger partial charge in [0.2, 0.25) is 5.91 Å². The third-order valence-corrected chi connectivity index (χ3v) is 4.87. The summed E-state index contributed by atoms with van der Waals surface area (Å²) in [5, 5.41) is 3.43. The number of hydrogen-bond acceptors (Lipinski definition) is 6. The van der Waals surface area contributed by atoms with Crippen molar-refractivity contribution < 1.29 is 14.3 Å². The van der Waals surface area contributed by atoms with Crippen molar-refractivity contribution in [3.8, 4) is 0 Å². The number of methoxy groups -OCH3 is 1. The molecule has 1 aliphatic heterocycles. The zero-order chi connectivity index (χ0) is 19.9. The number of rotatable bonds is 6. The van der Waals surface area contributed by atoms with Crippen molar-refractivity contribution in [2.45, 2.75) is 13.0 Å². The van der Waals surface area contributed by atoms with Gasteiger partial charge in [0, 0.05) is 52.2 Å². The Morgan fingerprint density at radius 1 is 1.14 bits per heavy atom. The average Bonchev–Trinajstić information content (AvgIpc) is 2.73. The smallest absolute Gasteiger partial charge is 0.409 e. The van der Waals surface area contributed by atoms with Gasteiger partial charge in [0.05, 0.1) is 24.3 Å². The fourth-order valence-corrected chi connectivity index (χ4v) is 3.21. The van der Waals surface area contributed by atoms with E-state index in [9.17, 15) is 14.4 Å². The van der Waals surface area contributed by atoms with E-state index in [4.69, 9.17) is 4.74 Å². The molecular weight excluding hydrogens is 362 g/mol. The Morgan fingerprint density at radius 2 is 1.89 bits per heavy atom. The molecule has 0 aliphatic carbocycles. The van der Waals surface area contributed by atoms with Gasteiger partial charge in [0.1, 0.15) is 0 Å². The van der Waals surface area contributed by atoms with Crippen LogP contribution in [0.5, 0.6) is 0 Å². The van der Waals surface area contributed by atoms with Gasteiger partial charge >= 0.3 is 6.09 Å². The van der Waals surface area contributed by atoms with Crippen LogP contribution < -0.4 is 10.9 Å². The molecule has 2 heterocycles. The molecule has 9 nitrogen and oxygen atoms in total. The summed E-state index contributed by atoms with van der Waals surface area (Å²) in [7, 11) is 1.38. The highest BCUT2D eigenvalue weighted by Gasteiger charge is 2.21. The van der Waals surface area contributed by atoms with E-state index in [1.807, 2.05) is 6.07 Å². The number of carbonyl (C=O) groups excluding carboxylic acids is 2. The Balaban J connectivity index is 1.39. The number of nitrogens with one attached hydrogen (secondary N) is 1. The molecule has 9 heteroatoms. The third kappa shape index (κ3) is 4.86. The van der Waals surface area contributed by atoms with E-state index < -0.39 is 0 Å². The predicted molar refractivity (Wildman–Crippen MR) is 104 cm³/mol. The number of aromatic nitrogens is 2. The SMILES string of the molecule is COC(=O)N1CCN(CCNC(=O)CCn2cnc3ccccc3c2=O)CC1. The minimum Gasteiger partial charge on any atom is -0.453 e. The van der Waals surface area contributed by atoms with Crippen molar-refractivity contribution in [2.75, 3.05) is 46.4 Å². The van der Waals surface area contributed by atoms with Gasteiger partial charge in [-0.05, 0) is 12.1 Å². The fraction of sp³-hybridized carbons (Fsp3) is 0.474. The summed E-state index contributed by atoms with van der Waals surface area (Å²) in [6, 6.07) is 7.16. The van der Waals surface area contributed by atoms with Crippen molar-refractivity contribution in [2.24, 2.45) is 0 Å². The molecule has 2 amide bonds. The zero-order valence-corrected chi connectivity index (χ0v) is 16.0. The first-order valence-corrected chi connectivity index (χ1v) is 9.34. The summed E-state index contributed by atoms with van der Waals surface area (Å²) in [6.07, 6.45) is 1.40. The Bertz CT molecular complexity index is 889. The second-order valence-corrected chi connectivity index (χ2v) is 6.66. The van der Waals surface area contributed by atoms with E-state index in [2.05, 4.69) is 15.2 Å². The lowest BCUT2D eigenvalue weighted by Crippen LogP contribution is -2.50. The second-order valence-electron chi connectivity index (χ2n) is 6.66. The zero-order valence-electron chi connectivity index (χ0n) is 16.0. The topological polar surface area (TPSA) is 96.8 Å². The molecule has 0 radical (unpaired) electrons. The number of benzene rings is 1. The summed E-state index contributed by atoms with van der Waals surface area (Å²) in [5.74, 6) is -0.103. The maximum absolute atomic E-state index is 12.4. The van der Waals surface area contributed by atoms with Gasteiger partial charge in [0.25, 0.3) is 5.56 Å². The summed E-state index contributed by atoms with van der Waals surface area (Å²) < 4.78 is 6.18. The highest BCUT2D eigenvalue weighted by atomic mass is 16.5. The molecule has 0 saturated carbocycles. The lowest BCUT2D eigenvalue weighted by atomic mass is 10.2. The first kappa shape index (κ1) is 19.8. The van der Waals surface area contributed by atoms with Crippen LogP contribution in [-0.2, 0) is 16.1 Å². The quantitative estimate of drug-likeness (QED) is 0.765. The van der Waals surface area contributed by atoms with Crippen LogP contribution >= 0.6 is 0 Å². The van der Waals surface area contributed by atoms with Crippen molar-refractivity contribution in [3.63, 3.8) is 0 Å².